The Morgan fingerprint density at radius 1 is 1.00 bits per heavy atom. The largest absolute Gasteiger partial charge is 0.372 e. The maximum Gasteiger partial charge on any atom is 0.256 e. The Bertz CT molecular complexity index is 1020. The van der Waals surface area contributed by atoms with Crippen LogP contribution in [0.1, 0.15) is 58.3 Å². The summed E-state index contributed by atoms with van der Waals surface area (Å²) >= 11 is 1.47. The van der Waals surface area contributed by atoms with Crippen molar-refractivity contribution in [2.24, 2.45) is 0 Å². The topological polar surface area (TPSA) is 64.1 Å². The minimum Gasteiger partial charge on any atom is -0.372 e. The van der Waals surface area contributed by atoms with E-state index < -0.39 is 0 Å². The summed E-state index contributed by atoms with van der Waals surface area (Å²) in [6.07, 6.45) is 1.93. The normalized spacial score (nSPS) is 11.0. The standard InChI is InChI=1S/C25H29N3O2S/c1-17(2)23-27-18(3)22(25(28-23)31-4)24(29)26-14-20-12-8-9-13-21(20)16-30-15-19-10-6-5-7-11-19/h5-13,17H,14-16H2,1-4H3,(H,26,29). The average Bonchev–Trinajstić information content (AvgIpc) is 2.78. The lowest BCUT2D eigenvalue weighted by Crippen LogP contribution is -2.26. The van der Waals surface area contributed by atoms with Crippen molar-refractivity contribution in [2.75, 3.05) is 6.26 Å². The van der Waals surface area contributed by atoms with E-state index in [2.05, 4.69) is 29.1 Å². The number of nitrogens with one attached hydrogen (secondary N) is 1. The zero-order valence-corrected chi connectivity index (χ0v) is 19.3. The molecule has 1 heterocycles. The van der Waals surface area contributed by atoms with Gasteiger partial charge in [-0.2, -0.15) is 0 Å². The van der Waals surface area contributed by atoms with E-state index in [1.165, 1.54) is 11.8 Å². The zero-order chi connectivity index (χ0) is 22.2. The number of aromatic nitrogens is 2. The molecule has 3 aromatic rings. The van der Waals surface area contributed by atoms with E-state index in [-0.39, 0.29) is 11.8 Å². The molecule has 1 N–H and O–H groups in total. The van der Waals surface area contributed by atoms with Crippen molar-refractivity contribution < 1.29 is 9.53 Å². The lowest BCUT2D eigenvalue weighted by Gasteiger charge is -2.15. The van der Waals surface area contributed by atoms with Crippen molar-refractivity contribution in [1.82, 2.24) is 15.3 Å². The fraction of sp³-hybridized carbons (Fsp3) is 0.320. The SMILES string of the molecule is CSc1nc(C(C)C)nc(C)c1C(=O)NCc1ccccc1COCc1ccccc1. The first-order chi connectivity index (χ1) is 15.0. The molecule has 0 saturated heterocycles. The maximum absolute atomic E-state index is 13.0. The zero-order valence-electron chi connectivity index (χ0n) is 18.5. The molecule has 5 nitrogen and oxygen atoms in total. The number of nitrogens with zero attached hydrogens (tertiary/aromatic N) is 2. The molecule has 1 aromatic heterocycles. The van der Waals surface area contributed by atoms with Gasteiger partial charge in [-0.05, 0) is 29.9 Å². The van der Waals surface area contributed by atoms with Gasteiger partial charge in [0.1, 0.15) is 10.9 Å². The summed E-state index contributed by atoms with van der Waals surface area (Å²) in [6, 6.07) is 18.1. The molecule has 31 heavy (non-hydrogen) atoms. The van der Waals surface area contributed by atoms with Gasteiger partial charge in [-0.15, -0.1) is 11.8 Å². The number of hydrogen-bond donors (Lipinski definition) is 1. The van der Waals surface area contributed by atoms with E-state index in [0.717, 1.165) is 22.5 Å². The van der Waals surface area contributed by atoms with Crippen LogP contribution in [0.15, 0.2) is 59.6 Å². The predicted molar refractivity (Wildman–Crippen MR) is 125 cm³/mol. The Morgan fingerprint density at radius 3 is 2.35 bits per heavy atom. The van der Waals surface area contributed by atoms with Crippen LogP contribution in [-0.2, 0) is 24.5 Å². The number of ether oxygens (including phenoxy) is 1. The van der Waals surface area contributed by atoms with Crippen LogP contribution in [0, 0.1) is 6.92 Å². The molecule has 0 saturated carbocycles. The summed E-state index contributed by atoms with van der Waals surface area (Å²) in [5.74, 6) is 0.820. The molecule has 0 atom stereocenters. The summed E-state index contributed by atoms with van der Waals surface area (Å²) in [5.41, 5.74) is 4.49. The van der Waals surface area contributed by atoms with E-state index in [1.54, 1.807) is 0 Å². The highest BCUT2D eigenvalue weighted by atomic mass is 32.2. The van der Waals surface area contributed by atoms with Gasteiger partial charge < -0.3 is 10.1 Å². The summed E-state index contributed by atoms with van der Waals surface area (Å²) < 4.78 is 5.89. The van der Waals surface area contributed by atoms with Gasteiger partial charge in [-0.25, -0.2) is 9.97 Å². The molecule has 0 fully saturated rings. The average molecular weight is 436 g/mol. The molecule has 1 amide bonds. The van der Waals surface area contributed by atoms with Gasteiger partial charge in [0, 0.05) is 12.5 Å². The third-order valence-electron chi connectivity index (χ3n) is 4.94. The number of aryl methyl sites for hydroxylation is 1. The minimum atomic E-state index is -0.155. The Balaban J connectivity index is 1.67. The molecule has 0 radical (unpaired) electrons. The number of benzene rings is 2. The van der Waals surface area contributed by atoms with Gasteiger partial charge in [-0.1, -0.05) is 68.4 Å². The van der Waals surface area contributed by atoms with Crippen molar-refractivity contribution in [3.8, 4) is 0 Å². The summed E-state index contributed by atoms with van der Waals surface area (Å²) in [4.78, 5) is 22.1. The summed E-state index contributed by atoms with van der Waals surface area (Å²) in [5, 5.41) is 3.76. The first-order valence-electron chi connectivity index (χ1n) is 10.4. The fourth-order valence-electron chi connectivity index (χ4n) is 3.22. The second kappa shape index (κ2) is 11.1. The van der Waals surface area contributed by atoms with E-state index in [4.69, 9.17) is 4.74 Å². The van der Waals surface area contributed by atoms with Gasteiger partial charge in [0.15, 0.2) is 0 Å². The third-order valence-corrected chi connectivity index (χ3v) is 5.62. The molecule has 2 aromatic carbocycles. The van der Waals surface area contributed by atoms with Gasteiger partial charge in [0.05, 0.1) is 24.5 Å². The number of hydrogen-bond acceptors (Lipinski definition) is 5. The number of rotatable bonds is 9. The van der Waals surface area contributed by atoms with Crippen molar-refractivity contribution in [1.29, 1.82) is 0 Å². The van der Waals surface area contributed by atoms with Gasteiger partial charge in [0.25, 0.3) is 5.91 Å². The Kier molecular flexibility index (Phi) is 8.20. The van der Waals surface area contributed by atoms with Gasteiger partial charge >= 0.3 is 0 Å². The molecule has 0 bridgehead atoms. The molecule has 0 aliphatic carbocycles. The number of carbonyl (C=O) groups excluding carboxylic acids is 1. The van der Waals surface area contributed by atoms with Gasteiger partial charge in [0.2, 0.25) is 0 Å². The smallest absolute Gasteiger partial charge is 0.256 e. The van der Waals surface area contributed by atoms with Crippen LogP contribution >= 0.6 is 11.8 Å². The van der Waals surface area contributed by atoms with Crippen LogP contribution in [0.4, 0.5) is 0 Å². The van der Waals surface area contributed by atoms with E-state index in [1.807, 2.05) is 67.8 Å². The van der Waals surface area contributed by atoms with Crippen LogP contribution in [0.25, 0.3) is 0 Å². The van der Waals surface area contributed by atoms with E-state index in [9.17, 15) is 4.79 Å². The van der Waals surface area contributed by atoms with Crippen LogP contribution < -0.4 is 5.32 Å². The molecule has 162 valence electrons. The minimum absolute atomic E-state index is 0.155. The van der Waals surface area contributed by atoms with Crippen LogP contribution in [0.3, 0.4) is 0 Å². The van der Waals surface area contributed by atoms with Crippen LogP contribution in [0.5, 0.6) is 0 Å². The first kappa shape index (κ1) is 23.0. The van der Waals surface area contributed by atoms with Crippen molar-refractivity contribution in [3.63, 3.8) is 0 Å². The molecule has 0 unspecified atom stereocenters. The number of thioether (sulfide) groups is 1. The second-order valence-corrected chi connectivity index (χ2v) is 8.43. The number of carbonyl (C=O) groups is 1. The van der Waals surface area contributed by atoms with E-state index >= 15 is 0 Å². The van der Waals surface area contributed by atoms with E-state index in [0.29, 0.717) is 36.0 Å². The maximum atomic E-state index is 13.0. The molecule has 0 spiro atoms. The summed E-state index contributed by atoms with van der Waals surface area (Å²) in [6.45, 7) is 7.43. The predicted octanol–water partition coefficient (Wildman–Crippen LogP) is 5.28. The van der Waals surface area contributed by atoms with Crippen molar-refractivity contribution in [2.45, 2.75) is 51.5 Å². The highest BCUT2D eigenvalue weighted by Gasteiger charge is 2.19. The highest BCUT2D eigenvalue weighted by Crippen LogP contribution is 2.23. The van der Waals surface area contributed by atoms with Gasteiger partial charge in [-0.3, -0.25) is 4.79 Å². The fourth-order valence-corrected chi connectivity index (χ4v) is 3.85. The molecule has 6 heteroatoms. The van der Waals surface area contributed by atoms with Crippen molar-refractivity contribution >= 4 is 17.7 Å². The lowest BCUT2D eigenvalue weighted by molar-refractivity contribution is 0.0942. The second-order valence-electron chi connectivity index (χ2n) is 7.64. The molecular formula is C25H29N3O2S. The van der Waals surface area contributed by atoms with Crippen LogP contribution in [0.2, 0.25) is 0 Å². The quantitative estimate of drug-likeness (QED) is 0.366. The lowest BCUT2D eigenvalue weighted by atomic mass is 10.1. The Hall–Kier alpha value is -2.70. The molecule has 0 aliphatic rings. The highest BCUT2D eigenvalue weighted by molar-refractivity contribution is 7.98. The monoisotopic (exact) mass is 435 g/mol. The Morgan fingerprint density at radius 2 is 1.68 bits per heavy atom. The first-order valence-corrected chi connectivity index (χ1v) is 11.6. The van der Waals surface area contributed by atoms with Crippen molar-refractivity contribution in [3.05, 3.63) is 88.4 Å². The summed E-state index contributed by atoms with van der Waals surface area (Å²) in [7, 11) is 0. The molecular weight excluding hydrogens is 406 g/mol. The molecule has 0 aliphatic heterocycles. The van der Waals surface area contributed by atoms with Crippen LogP contribution in [-0.4, -0.2) is 22.1 Å². The Labute approximate surface area is 188 Å². The number of amides is 1. The molecule has 3 rings (SSSR count). The third kappa shape index (κ3) is 6.15.